The molecule has 1 nitrogen and oxygen atoms in total. The zero-order valence-corrected chi connectivity index (χ0v) is 24.9. The van der Waals surface area contributed by atoms with Crippen molar-refractivity contribution >= 4 is 32.3 Å². The van der Waals surface area contributed by atoms with E-state index in [0.29, 0.717) is 0 Å². The highest BCUT2D eigenvalue weighted by Gasteiger charge is 2.25. The first-order chi connectivity index (χ1) is 21.5. The Morgan fingerprint density at radius 2 is 0.795 bits per heavy atom. The summed E-state index contributed by atoms with van der Waals surface area (Å²) < 4.78 is 0. The van der Waals surface area contributed by atoms with Crippen LogP contribution in [0.1, 0.15) is 19.4 Å². The lowest BCUT2D eigenvalue weighted by atomic mass is 9.80. The Morgan fingerprint density at radius 1 is 0.364 bits per heavy atom. The van der Waals surface area contributed by atoms with Crippen molar-refractivity contribution in [2.45, 2.75) is 19.4 Å². The van der Waals surface area contributed by atoms with Crippen LogP contribution in [0.4, 0.5) is 0 Å². The van der Waals surface area contributed by atoms with Gasteiger partial charge in [-0.25, -0.2) is 0 Å². The van der Waals surface area contributed by atoms with Crippen molar-refractivity contribution in [2.24, 2.45) is 0 Å². The summed E-state index contributed by atoms with van der Waals surface area (Å²) in [6.07, 6.45) is 0. The largest absolute Gasteiger partial charge is 0.386 e. The third kappa shape index (κ3) is 4.20. The van der Waals surface area contributed by atoms with Crippen molar-refractivity contribution in [3.05, 3.63) is 157 Å². The van der Waals surface area contributed by atoms with Crippen LogP contribution in [0.3, 0.4) is 0 Å². The number of aliphatic hydroxyl groups is 1. The molecule has 0 amide bonds. The molecule has 1 N–H and O–H groups in total. The molecule has 0 bridgehead atoms. The lowest BCUT2D eigenvalue weighted by Crippen LogP contribution is -2.16. The highest BCUT2D eigenvalue weighted by atomic mass is 16.3. The van der Waals surface area contributed by atoms with Gasteiger partial charge in [0.2, 0.25) is 0 Å². The monoisotopic (exact) mass is 564 g/mol. The van der Waals surface area contributed by atoms with Crippen molar-refractivity contribution in [1.82, 2.24) is 0 Å². The SMILES string of the molecule is CC(C)(O)c1ccccc1-c1cc2c(-c3ccccc3)cc(-c3ccccc3)c3ccc4c(-c5ccccc5)ccc1c4c32. The van der Waals surface area contributed by atoms with E-state index in [-0.39, 0.29) is 0 Å². The summed E-state index contributed by atoms with van der Waals surface area (Å²) in [6, 6.07) is 54.4. The van der Waals surface area contributed by atoms with Crippen molar-refractivity contribution < 1.29 is 5.11 Å². The third-order valence-electron chi connectivity index (χ3n) is 9.03. The molecule has 0 aliphatic rings. The van der Waals surface area contributed by atoms with Gasteiger partial charge in [0.05, 0.1) is 5.60 Å². The van der Waals surface area contributed by atoms with Gasteiger partial charge in [0, 0.05) is 0 Å². The topological polar surface area (TPSA) is 20.2 Å². The Balaban J connectivity index is 1.61. The van der Waals surface area contributed by atoms with E-state index in [0.717, 1.165) is 16.7 Å². The highest BCUT2D eigenvalue weighted by molar-refractivity contribution is 6.32. The van der Waals surface area contributed by atoms with Crippen molar-refractivity contribution in [3.8, 4) is 44.5 Å². The quantitative estimate of drug-likeness (QED) is 0.206. The minimum absolute atomic E-state index is 0.921. The van der Waals surface area contributed by atoms with Crippen molar-refractivity contribution in [1.29, 1.82) is 0 Å². The number of hydrogen-bond acceptors (Lipinski definition) is 1. The molecule has 0 atom stereocenters. The van der Waals surface area contributed by atoms with Crippen LogP contribution in [0.5, 0.6) is 0 Å². The lowest BCUT2D eigenvalue weighted by Gasteiger charge is -2.25. The summed E-state index contributed by atoms with van der Waals surface area (Å²) in [4.78, 5) is 0. The zero-order valence-electron chi connectivity index (χ0n) is 24.9. The van der Waals surface area contributed by atoms with Crippen LogP contribution < -0.4 is 0 Å². The molecule has 0 heterocycles. The molecule has 1 heteroatoms. The molecule has 0 spiro atoms. The normalized spacial score (nSPS) is 12.0. The molecule has 210 valence electrons. The molecule has 0 aromatic heterocycles. The maximum Gasteiger partial charge on any atom is 0.0846 e. The summed E-state index contributed by atoms with van der Waals surface area (Å²) in [7, 11) is 0. The maximum absolute atomic E-state index is 11.3. The van der Waals surface area contributed by atoms with Crippen LogP contribution in [0.2, 0.25) is 0 Å². The van der Waals surface area contributed by atoms with Gasteiger partial charge in [-0.3, -0.25) is 0 Å². The van der Waals surface area contributed by atoms with Crippen molar-refractivity contribution in [3.63, 3.8) is 0 Å². The van der Waals surface area contributed by atoms with Crippen LogP contribution in [-0.4, -0.2) is 5.11 Å². The summed E-state index contributed by atoms with van der Waals surface area (Å²) in [6.45, 7) is 3.75. The first-order valence-electron chi connectivity index (χ1n) is 15.3. The number of hydrogen-bond donors (Lipinski definition) is 1. The molecule has 44 heavy (non-hydrogen) atoms. The summed E-state index contributed by atoms with van der Waals surface area (Å²) >= 11 is 0. The average Bonchev–Trinajstić information content (AvgIpc) is 3.07. The molecule has 0 saturated heterocycles. The highest BCUT2D eigenvalue weighted by Crippen LogP contribution is 2.49. The minimum Gasteiger partial charge on any atom is -0.386 e. The summed E-state index contributed by atoms with van der Waals surface area (Å²) in [5.41, 5.74) is 9.38. The Kier molecular flexibility index (Phi) is 6.11. The fourth-order valence-corrected chi connectivity index (χ4v) is 7.04. The molecule has 0 aliphatic heterocycles. The Bertz CT molecular complexity index is 2280. The van der Waals surface area contributed by atoms with Gasteiger partial charge in [0.15, 0.2) is 0 Å². The van der Waals surface area contributed by atoms with Gasteiger partial charge < -0.3 is 5.11 Å². The predicted octanol–water partition coefficient (Wildman–Crippen LogP) is 11.5. The molecule has 8 aromatic carbocycles. The average molecular weight is 565 g/mol. The van der Waals surface area contributed by atoms with Crippen LogP contribution >= 0.6 is 0 Å². The lowest BCUT2D eigenvalue weighted by molar-refractivity contribution is 0.0792. The van der Waals surface area contributed by atoms with Gasteiger partial charge in [-0.2, -0.15) is 0 Å². The van der Waals surface area contributed by atoms with Crippen LogP contribution in [-0.2, 0) is 5.60 Å². The fraction of sp³-hybridized carbons (Fsp3) is 0.0698. The van der Waals surface area contributed by atoms with E-state index in [1.807, 2.05) is 19.9 Å². The van der Waals surface area contributed by atoms with Crippen LogP contribution in [0.15, 0.2) is 152 Å². The minimum atomic E-state index is -0.994. The molecule has 8 rings (SSSR count). The Labute approximate surface area is 258 Å². The van der Waals surface area contributed by atoms with E-state index in [1.54, 1.807) is 0 Å². The first kappa shape index (κ1) is 26.4. The second-order valence-corrected chi connectivity index (χ2v) is 12.2. The van der Waals surface area contributed by atoms with E-state index < -0.39 is 5.60 Å². The van der Waals surface area contributed by atoms with Crippen LogP contribution in [0, 0.1) is 0 Å². The molecular weight excluding hydrogens is 532 g/mol. The van der Waals surface area contributed by atoms with E-state index in [9.17, 15) is 5.11 Å². The Morgan fingerprint density at radius 3 is 1.39 bits per heavy atom. The molecule has 0 aliphatic carbocycles. The van der Waals surface area contributed by atoms with Gasteiger partial charge in [0.1, 0.15) is 0 Å². The smallest absolute Gasteiger partial charge is 0.0846 e. The van der Waals surface area contributed by atoms with Gasteiger partial charge >= 0.3 is 0 Å². The molecule has 0 fully saturated rings. The van der Waals surface area contributed by atoms with Gasteiger partial charge in [-0.1, -0.05) is 140 Å². The third-order valence-corrected chi connectivity index (χ3v) is 9.03. The zero-order chi connectivity index (χ0) is 29.8. The fourth-order valence-electron chi connectivity index (χ4n) is 7.04. The molecule has 0 saturated carbocycles. The van der Waals surface area contributed by atoms with E-state index in [2.05, 4.69) is 146 Å². The van der Waals surface area contributed by atoms with Gasteiger partial charge in [-0.05, 0) is 108 Å². The first-order valence-corrected chi connectivity index (χ1v) is 15.3. The summed E-state index contributed by atoms with van der Waals surface area (Å²) in [5, 5.41) is 18.7. The van der Waals surface area contributed by atoms with Gasteiger partial charge in [0.25, 0.3) is 0 Å². The van der Waals surface area contributed by atoms with E-state index in [1.165, 1.54) is 65.7 Å². The van der Waals surface area contributed by atoms with Gasteiger partial charge in [-0.15, -0.1) is 0 Å². The standard InChI is InChI=1S/C43H32O/c1-43(2,44)40-21-13-12-20-32(40)38-27-39-37(30-18-10-5-11-19-30)26-36(29-16-8-4-9-17-29)34-25-24-33-31(28-14-6-3-7-15-28)22-23-35(38)41(33)42(34)39/h3-27,44H,1-2H3. The van der Waals surface area contributed by atoms with Crippen molar-refractivity contribution in [2.75, 3.05) is 0 Å². The number of benzene rings is 8. The Hall–Kier alpha value is -5.24. The molecule has 0 radical (unpaired) electrons. The molecule has 0 unspecified atom stereocenters. The second kappa shape index (κ2) is 10.2. The molecular formula is C43H32O. The van der Waals surface area contributed by atoms with Crippen LogP contribution in [0.25, 0.3) is 76.8 Å². The maximum atomic E-state index is 11.3. The number of rotatable bonds is 5. The molecule has 8 aromatic rings. The van der Waals surface area contributed by atoms with E-state index >= 15 is 0 Å². The summed E-state index contributed by atoms with van der Waals surface area (Å²) in [5.74, 6) is 0. The van der Waals surface area contributed by atoms with E-state index in [4.69, 9.17) is 0 Å². The second-order valence-electron chi connectivity index (χ2n) is 12.2. The predicted molar refractivity (Wildman–Crippen MR) is 187 cm³/mol.